The van der Waals surface area contributed by atoms with Gasteiger partial charge < -0.3 is 5.32 Å². The first-order valence-electron chi connectivity index (χ1n) is 8.14. The molecule has 1 aliphatic heterocycles. The van der Waals surface area contributed by atoms with E-state index in [4.69, 9.17) is 0 Å². The first-order valence-corrected chi connectivity index (χ1v) is 9.08. The zero-order chi connectivity index (χ0) is 14.0. The van der Waals surface area contributed by atoms with E-state index in [1.54, 1.807) is 0 Å². The second-order valence-electron chi connectivity index (χ2n) is 7.27. The molecule has 112 valence electrons. The molecule has 1 saturated heterocycles. The molecular formula is C17H28N2S. The van der Waals surface area contributed by atoms with Crippen LogP contribution in [-0.2, 0) is 6.54 Å². The van der Waals surface area contributed by atoms with Gasteiger partial charge in [0.25, 0.3) is 0 Å². The Labute approximate surface area is 127 Å². The molecule has 2 fully saturated rings. The molecule has 1 unspecified atom stereocenters. The van der Waals surface area contributed by atoms with Gasteiger partial charge in [0.05, 0.1) is 0 Å². The largest absolute Gasteiger partial charge is 0.309 e. The van der Waals surface area contributed by atoms with Gasteiger partial charge in [-0.3, -0.25) is 4.90 Å². The van der Waals surface area contributed by atoms with Crippen LogP contribution in [0.4, 0.5) is 0 Å². The number of nitrogens with one attached hydrogen (secondary N) is 1. The second kappa shape index (κ2) is 6.17. The lowest BCUT2D eigenvalue weighted by Crippen LogP contribution is -2.63. The molecule has 1 aromatic rings. The van der Waals surface area contributed by atoms with Gasteiger partial charge in [-0.05, 0) is 55.0 Å². The van der Waals surface area contributed by atoms with Gasteiger partial charge in [-0.15, -0.1) is 0 Å². The maximum atomic E-state index is 3.78. The Balaban J connectivity index is 1.72. The van der Waals surface area contributed by atoms with Gasteiger partial charge in [0, 0.05) is 31.2 Å². The van der Waals surface area contributed by atoms with E-state index in [1.807, 2.05) is 11.3 Å². The van der Waals surface area contributed by atoms with Crippen LogP contribution in [0.1, 0.15) is 51.5 Å². The van der Waals surface area contributed by atoms with Crippen LogP contribution < -0.4 is 5.32 Å². The maximum absolute atomic E-state index is 3.78. The van der Waals surface area contributed by atoms with Crippen molar-refractivity contribution in [2.24, 2.45) is 5.92 Å². The highest BCUT2D eigenvalue weighted by Gasteiger charge is 2.36. The predicted molar refractivity (Wildman–Crippen MR) is 87.2 cm³/mol. The highest BCUT2D eigenvalue weighted by atomic mass is 32.1. The molecule has 1 aliphatic carbocycles. The summed E-state index contributed by atoms with van der Waals surface area (Å²) in [5.41, 5.74) is 1.75. The zero-order valence-corrected chi connectivity index (χ0v) is 13.7. The Hall–Kier alpha value is -0.380. The van der Waals surface area contributed by atoms with Crippen molar-refractivity contribution in [3.05, 3.63) is 22.4 Å². The molecule has 1 aromatic heterocycles. The monoisotopic (exact) mass is 292 g/mol. The molecule has 3 rings (SSSR count). The fourth-order valence-corrected chi connectivity index (χ4v) is 4.62. The lowest BCUT2D eigenvalue weighted by atomic mass is 9.81. The molecular weight excluding hydrogens is 264 g/mol. The zero-order valence-electron chi connectivity index (χ0n) is 12.9. The van der Waals surface area contributed by atoms with E-state index in [0.717, 1.165) is 18.5 Å². The third-order valence-electron chi connectivity index (χ3n) is 5.02. The van der Waals surface area contributed by atoms with Gasteiger partial charge in [-0.25, -0.2) is 0 Å². The minimum Gasteiger partial charge on any atom is -0.309 e. The standard InChI is InChI=1S/C17H28N2S/c1-17(2)13-19(11-14-8-9-20-12-14)16(10-18-17)15-6-4-3-5-7-15/h8-9,12,15-16,18H,3-7,10-11,13H2,1-2H3. The summed E-state index contributed by atoms with van der Waals surface area (Å²) in [6.45, 7) is 8.15. The summed E-state index contributed by atoms with van der Waals surface area (Å²) in [5.74, 6) is 0.908. The molecule has 20 heavy (non-hydrogen) atoms. The van der Waals surface area contributed by atoms with Crippen LogP contribution in [0.3, 0.4) is 0 Å². The van der Waals surface area contributed by atoms with Crippen molar-refractivity contribution in [1.29, 1.82) is 0 Å². The molecule has 1 saturated carbocycles. The van der Waals surface area contributed by atoms with Crippen molar-refractivity contribution < 1.29 is 0 Å². The summed E-state index contributed by atoms with van der Waals surface area (Å²) < 4.78 is 0. The Morgan fingerprint density at radius 1 is 1.30 bits per heavy atom. The van der Waals surface area contributed by atoms with Crippen LogP contribution in [0.15, 0.2) is 16.8 Å². The molecule has 0 spiro atoms. The van der Waals surface area contributed by atoms with Crippen molar-refractivity contribution in [1.82, 2.24) is 10.2 Å². The molecule has 1 N–H and O–H groups in total. The van der Waals surface area contributed by atoms with Crippen molar-refractivity contribution in [2.75, 3.05) is 13.1 Å². The number of nitrogens with zero attached hydrogens (tertiary/aromatic N) is 1. The van der Waals surface area contributed by atoms with Crippen molar-refractivity contribution in [3.63, 3.8) is 0 Å². The van der Waals surface area contributed by atoms with Crippen LogP contribution >= 0.6 is 11.3 Å². The minimum absolute atomic E-state index is 0.251. The minimum atomic E-state index is 0.251. The Morgan fingerprint density at radius 2 is 2.10 bits per heavy atom. The summed E-state index contributed by atoms with van der Waals surface area (Å²) in [6.07, 6.45) is 7.21. The van der Waals surface area contributed by atoms with Crippen molar-refractivity contribution in [3.8, 4) is 0 Å². The third kappa shape index (κ3) is 3.44. The second-order valence-corrected chi connectivity index (χ2v) is 8.05. The molecule has 0 aromatic carbocycles. The smallest absolute Gasteiger partial charge is 0.0253 e. The van der Waals surface area contributed by atoms with Crippen LogP contribution in [0.25, 0.3) is 0 Å². The van der Waals surface area contributed by atoms with Gasteiger partial charge in [0.2, 0.25) is 0 Å². The number of hydrogen-bond acceptors (Lipinski definition) is 3. The average molecular weight is 292 g/mol. The highest BCUT2D eigenvalue weighted by molar-refractivity contribution is 7.07. The van der Waals surface area contributed by atoms with E-state index >= 15 is 0 Å². The molecule has 2 heterocycles. The Morgan fingerprint density at radius 3 is 2.80 bits per heavy atom. The molecule has 1 atom stereocenters. The number of rotatable bonds is 3. The van der Waals surface area contributed by atoms with Gasteiger partial charge >= 0.3 is 0 Å². The van der Waals surface area contributed by atoms with Gasteiger partial charge in [-0.2, -0.15) is 11.3 Å². The third-order valence-corrected chi connectivity index (χ3v) is 5.75. The van der Waals surface area contributed by atoms with Gasteiger partial charge in [0.15, 0.2) is 0 Å². The van der Waals surface area contributed by atoms with E-state index in [2.05, 4.69) is 40.9 Å². The van der Waals surface area contributed by atoms with E-state index in [9.17, 15) is 0 Å². The maximum Gasteiger partial charge on any atom is 0.0253 e. The Bertz CT molecular complexity index is 407. The summed E-state index contributed by atoms with van der Waals surface area (Å²) >= 11 is 1.82. The van der Waals surface area contributed by atoms with E-state index in [1.165, 1.54) is 50.8 Å². The first-order chi connectivity index (χ1) is 9.64. The Kier molecular flexibility index (Phi) is 4.49. The first kappa shape index (κ1) is 14.6. The van der Waals surface area contributed by atoms with E-state index in [0.29, 0.717) is 0 Å². The predicted octanol–water partition coefficient (Wildman–Crippen LogP) is 3.88. The highest BCUT2D eigenvalue weighted by Crippen LogP contribution is 2.32. The fraction of sp³-hybridized carbons (Fsp3) is 0.765. The van der Waals surface area contributed by atoms with Crippen LogP contribution in [0, 0.1) is 5.92 Å². The van der Waals surface area contributed by atoms with Crippen molar-refractivity contribution in [2.45, 2.75) is 64.1 Å². The summed E-state index contributed by atoms with van der Waals surface area (Å²) in [4.78, 5) is 2.76. The molecule has 3 heteroatoms. The summed E-state index contributed by atoms with van der Waals surface area (Å²) in [5, 5.41) is 8.30. The lowest BCUT2D eigenvalue weighted by molar-refractivity contribution is 0.0420. The normalized spacial score (nSPS) is 28.6. The quantitative estimate of drug-likeness (QED) is 0.909. The lowest BCUT2D eigenvalue weighted by Gasteiger charge is -2.48. The number of piperazine rings is 1. The number of thiophene rings is 1. The van der Waals surface area contributed by atoms with Gasteiger partial charge in [-0.1, -0.05) is 19.3 Å². The molecule has 2 nitrogen and oxygen atoms in total. The van der Waals surface area contributed by atoms with Crippen molar-refractivity contribution >= 4 is 11.3 Å². The summed E-state index contributed by atoms with van der Waals surface area (Å²) in [6, 6.07) is 3.03. The topological polar surface area (TPSA) is 15.3 Å². The number of hydrogen-bond donors (Lipinski definition) is 1. The van der Waals surface area contributed by atoms with Gasteiger partial charge in [0.1, 0.15) is 0 Å². The van der Waals surface area contributed by atoms with E-state index in [-0.39, 0.29) is 5.54 Å². The molecule has 2 aliphatic rings. The summed E-state index contributed by atoms with van der Waals surface area (Å²) in [7, 11) is 0. The molecule has 0 bridgehead atoms. The van der Waals surface area contributed by atoms with Crippen LogP contribution in [-0.4, -0.2) is 29.6 Å². The molecule has 0 radical (unpaired) electrons. The fourth-order valence-electron chi connectivity index (χ4n) is 3.96. The SMILES string of the molecule is CC1(C)CN(Cc2ccsc2)C(C2CCCCC2)CN1. The van der Waals surface area contributed by atoms with Crippen LogP contribution in [0.5, 0.6) is 0 Å². The van der Waals surface area contributed by atoms with E-state index < -0.39 is 0 Å². The average Bonchev–Trinajstić information content (AvgIpc) is 2.92. The van der Waals surface area contributed by atoms with Crippen LogP contribution in [0.2, 0.25) is 0 Å². The molecule has 0 amide bonds.